The minimum absolute atomic E-state index is 0.212. The summed E-state index contributed by atoms with van der Waals surface area (Å²) in [6.07, 6.45) is -0.842. The van der Waals surface area contributed by atoms with Gasteiger partial charge in [0.2, 0.25) is 0 Å². The molecule has 1 N–H and O–H groups in total. The lowest BCUT2D eigenvalue weighted by Gasteiger charge is -2.14. The molecule has 0 bridgehead atoms. The van der Waals surface area contributed by atoms with Crippen molar-refractivity contribution in [3.8, 4) is 0 Å². The smallest absolute Gasteiger partial charge is 0.280 e. The predicted octanol–water partition coefficient (Wildman–Crippen LogP) is 2.62. The van der Waals surface area contributed by atoms with E-state index in [0.717, 1.165) is 0 Å². The van der Waals surface area contributed by atoms with Gasteiger partial charge in [-0.25, -0.2) is 18.7 Å². The van der Waals surface area contributed by atoms with Crippen LogP contribution in [0.4, 0.5) is 8.78 Å². The molecule has 1 rings (SSSR count). The molecule has 0 aliphatic heterocycles. The highest BCUT2D eigenvalue weighted by Gasteiger charge is 2.19. The molecule has 6 heteroatoms. The van der Waals surface area contributed by atoms with Gasteiger partial charge in [-0.15, -0.1) is 0 Å². The molecule has 1 unspecified atom stereocenters. The number of ether oxygens (including phenoxy) is 1. The Morgan fingerprint density at radius 3 is 2.61 bits per heavy atom. The fourth-order valence-electron chi connectivity index (χ4n) is 1.63. The van der Waals surface area contributed by atoms with E-state index in [4.69, 9.17) is 4.74 Å². The summed E-state index contributed by atoms with van der Waals surface area (Å²) in [4.78, 5) is 8.05. The van der Waals surface area contributed by atoms with E-state index in [1.165, 1.54) is 13.3 Å². The van der Waals surface area contributed by atoms with Gasteiger partial charge in [0.1, 0.15) is 11.8 Å². The molecule has 0 fully saturated rings. The number of nitrogens with zero attached hydrogens (tertiary/aromatic N) is 2. The van der Waals surface area contributed by atoms with Gasteiger partial charge in [-0.05, 0) is 13.0 Å². The second kappa shape index (κ2) is 7.33. The summed E-state index contributed by atoms with van der Waals surface area (Å²) in [6, 6.07) is 0. The molecule has 0 amide bonds. The molecule has 0 saturated carbocycles. The number of nitrogens with one attached hydrogen (secondary N) is 1. The van der Waals surface area contributed by atoms with Gasteiger partial charge < -0.3 is 10.1 Å². The highest BCUT2D eigenvalue weighted by molar-refractivity contribution is 5.19. The third-order valence-electron chi connectivity index (χ3n) is 2.63. The van der Waals surface area contributed by atoms with E-state index in [2.05, 4.69) is 15.3 Å². The van der Waals surface area contributed by atoms with Crippen LogP contribution in [-0.4, -0.2) is 23.6 Å². The summed E-state index contributed by atoms with van der Waals surface area (Å²) in [7, 11) is 1.52. The van der Waals surface area contributed by atoms with Crippen molar-refractivity contribution >= 4 is 0 Å². The molecule has 1 atom stereocenters. The second-order valence-corrected chi connectivity index (χ2v) is 3.85. The average Bonchev–Trinajstić information content (AvgIpc) is 2.38. The van der Waals surface area contributed by atoms with Gasteiger partial charge in [0.15, 0.2) is 5.82 Å². The van der Waals surface area contributed by atoms with Crippen LogP contribution in [0, 0.1) is 0 Å². The molecule has 0 saturated heterocycles. The summed E-state index contributed by atoms with van der Waals surface area (Å²) < 4.78 is 31.1. The van der Waals surface area contributed by atoms with Crippen LogP contribution < -0.4 is 5.32 Å². The SMILES string of the molecule is CCNCc1cnc(C(CC)OC)nc1C(F)F. The Morgan fingerprint density at radius 1 is 1.39 bits per heavy atom. The molecule has 4 nitrogen and oxygen atoms in total. The van der Waals surface area contributed by atoms with E-state index in [9.17, 15) is 8.78 Å². The first kappa shape index (κ1) is 14.9. The maximum absolute atomic E-state index is 12.9. The number of halogens is 2. The molecule has 102 valence electrons. The Bertz CT molecular complexity index is 370. The molecule has 18 heavy (non-hydrogen) atoms. The van der Waals surface area contributed by atoms with Gasteiger partial charge in [0.05, 0.1) is 0 Å². The predicted molar refractivity (Wildman–Crippen MR) is 64.4 cm³/mol. The summed E-state index contributed by atoms with van der Waals surface area (Å²) >= 11 is 0. The van der Waals surface area contributed by atoms with Crippen LogP contribution in [0.15, 0.2) is 6.20 Å². The molecule has 0 aliphatic carbocycles. The van der Waals surface area contributed by atoms with Gasteiger partial charge >= 0.3 is 0 Å². The number of aromatic nitrogens is 2. The van der Waals surface area contributed by atoms with E-state index >= 15 is 0 Å². The van der Waals surface area contributed by atoms with Crippen LogP contribution in [0.3, 0.4) is 0 Å². The van der Waals surface area contributed by atoms with Crippen molar-refractivity contribution in [2.24, 2.45) is 0 Å². The fourth-order valence-corrected chi connectivity index (χ4v) is 1.63. The van der Waals surface area contributed by atoms with Gasteiger partial charge in [-0.3, -0.25) is 0 Å². The van der Waals surface area contributed by atoms with Gasteiger partial charge in [0, 0.05) is 25.4 Å². The highest BCUT2D eigenvalue weighted by Crippen LogP contribution is 2.23. The van der Waals surface area contributed by atoms with Crippen LogP contribution in [0.2, 0.25) is 0 Å². The maximum Gasteiger partial charge on any atom is 0.280 e. The molecule has 1 aromatic rings. The first-order valence-corrected chi connectivity index (χ1v) is 6.01. The molecule has 1 heterocycles. The lowest BCUT2D eigenvalue weighted by atomic mass is 10.2. The van der Waals surface area contributed by atoms with E-state index < -0.39 is 6.43 Å². The zero-order valence-electron chi connectivity index (χ0n) is 10.9. The van der Waals surface area contributed by atoms with Crippen molar-refractivity contribution in [3.63, 3.8) is 0 Å². The van der Waals surface area contributed by atoms with Crippen LogP contribution in [0.25, 0.3) is 0 Å². The van der Waals surface area contributed by atoms with Crippen LogP contribution >= 0.6 is 0 Å². The lowest BCUT2D eigenvalue weighted by molar-refractivity contribution is 0.0901. The number of hydrogen-bond acceptors (Lipinski definition) is 4. The summed E-state index contributed by atoms with van der Waals surface area (Å²) in [5.74, 6) is 0.315. The van der Waals surface area contributed by atoms with E-state index in [1.54, 1.807) is 0 Å². The number of hydrogen-bond donors (Lipinski definition) is 1. The summed E-state index contributed by atoms with van der Waals surface area (Å²) in [5.41, 5.74) is 0.220. The highest BCUT2D eigenvalue weighted by atomic mass is 19.3. The largest absolute Gasteiger partial charge is 0.373 e. The van der Waals surface area contributed by atoms with Gasteiger partial charge in [-0.1, -0.05) is 13.8 Å². The van der Waals surface area contributed by atoms with Crippen molar-refractivity contribution in [1.82, 2.24) is 15.3 Å². The standard InChI is InChI=1S/C12H19F2N3O/c1-4-9(18-3)12-16-7-8(6-15-5-2)10(17-12)11(13)14/h7,9,11,15H,4-6H2,1-3H3. The normalized spacial score (nSPS) is 13.0. The average molecular weight is 259 g/mol. The Hall–Kier alpha value is -1.14. The van der Waals surface area contributed by atoms with Crippen molar-refractivity contribution in [1.29, 1.82) is 0 Å². The maximum atomic E-state index is 12.9. The van der Waals surface area contributed by atoms with Crippen molar-refractivity contribution in [3.05, 3.63) is 23.3 Å². The number of alkyl halides is 2. The fraction of sp³-hybridized carbons (Fsp3) is 0.667. The van der Waals surface area contributed by atoms with Gasteiger partial charge in [-0.2, -0.15) is 0 Å². The minimum Gasteiger partial charge on any atom is -0.373 e. The number of rotatable bonds is 7. The molecular weight excluding hydrogens is 240 g/mol. The monoisotopic (exact) mass is 259 g/mol. The number of methoxy groups -OCH3 is 1. The topological polar surface area (TPSA) is 47.0 Å². The Morgan fingerprint density at radius 2 is 2.11 bits per heavy atom. The van der Waals surface area contributed by atoms with E-state index in [-0.39, 0.29) is 11.8 Å². The van der Waals surface area contributed by atoms with Gasteiger partial charge in [0.25, 0.3) is 6.43 Å². The third-order valence-corrected chi connectivity index (χ3v) is 2.63. The third kappa shape index (κ3) is 3.68. The Kier molecular flexibility index (Phi) is 6.07. The molecule has 0 aromatic carbocycles. The van der Waals surface area contributed by atoms with Crippen LogP contribution in [0.5, 0.6) is 0 Å². The molecule has 0 aliphatic rings. The first-order chi connectivity index (χ1) is 8.63. The summed E-state index contributed by atoms with van der Waals surface area (Å²) in [6.45, 7) is 4.86. The van der Waals surface area contributed by atoms with Crippen LogP contribution in [0.1, 0.15) is 49.9 Å². The molecule has 0 radical (unpaired) electrons. The zero-order chi connectivity index (χ0) is 13.5. The van der Waals surface area contributed by atoms with E-state index in [1.807, 2.05) is 13.8 Å². The second-order valence-electron chi connectivity index (χ2n) is 3.85. The summed E-state index contributed by atoms with van der Waals surface area (Å²) in [5, 5.41) is 2.99. The Balaban J connectivity index is 3.02. The molecule has 1 aromatic heterocycles. The Labute approximate surface area is 106 Å². The molecular formula is C12H19F2N3O. The van der Waals surface area contributed by atoms with Crippen molar-refractivity contribution in [2.75, 3.05) is 13.7 Å². The minimum atomic E-state index is -2.60. The lowest BCUT2D eigenvalue weighted by Crippen LogP contribution is -2.16. The van der Waals surface area contributed by atoms with Crippen LogP contribution in [-0.2, 0) is 11.3 Å². The zero-order valence-corrected chi connectivity index (χ0v) is 10.9. The molecule has 0 spiro atoms. The van der Waals surface area contributed by atoms with Crippen molar-refractivity contribution < 1.29 is 13.5 Å². The van der Waals surface area contributed by atoms with Crippen molar-refractivity contribution in [2.45, 2.75) is 39.3 Å². The first-order valence-electron chi connectivity index (χ1n) is 6.01. The quantitative estimate of drug-likeness (QED) is 0.817. The van der Waals surface area contributed by atoms with E-state index in [0.29, 0.717) is 30.9 Å².